The minimum Gasteiger partial charge on any atom is -0.266 e. The van der Waals surface area contributed by atoms with Gasteiger partial charge in [0.2, 0.25) is 0 Å². The van der Waals surface area contributed by atoms with Crippen LogP contribution in [-0.4, -0.2) is 11.3 Å². The molecule has 0 spiro atoms. The van der Waals surface area contributed by atoms with Gasteiger partial charge >= 0.3 is 0 Å². The molecule has 0 aliphatic heterocycles. The fourth-order valence-electron chi connectivity index (χ4n) is 2.24. The lowest BCUT2D eigenvalue weighted by molar-refractivity contribution is 1.06. The predicted octanol–water partition coefficient (Wildman–Crippen LogP) is 4.84. The first-order valence-corrected chi connectivity index (χ1v) is 10.4. The maximum atomic E-state index is 4.02. The number of nitrogens with one attached hydrogen (secondary N) is 1. The maximum Gasteiger partial charge on any atom is -0.000243 e. The Balaban J connectivity index is 2.25. The Morgan fingerprint density at radius 3 is 1.24 bits per heavy atom. The van der Waals surface area contributed by atoms with E-state index in [1.54, 1.807) is 0 Å². The second kappa shape index (κ2) is 8.04. The molecule has 3 heteroatoms. The highest BCUT2D eigenvalue weighted by molar-refractivity contribution is 7.79. The SMILES string of the molecule is CC(C)P(NP(c1ccccc1)C(C)C)c1ccccc1. The minimum atomic E-state index is -0.331. The average Bonchev–Trinajstić information content (AvgIpc) is 2.49. The Morgan fingerprint density at radius 1 is 0.619 bits per heavy atom. The molecular weight excluding hydrogens is 292 g/mol. The summed E-state index contributed by atoms with van der Waals surface area (Å²) in [5.74, 6) is 0. The Labute approximate surface area is 131 Å². The summed E-state index contributed by atoms with van der Waals surface area (Å²) in [5.41, 5.74) is 1.27. The van der Waals surface area contributed by atoms with E-state index >= 15 is 0 Å². The molecule has 0 fully saturated rings. The maximum absolute atomic E-state index is 4.02. The third kappa shape index (κ3) is 4.62. The lowest BCUT2D eigenvalue weighted by atomic mass is 10.4. The number of hydrogen-bond donors (Lipinski definition) is 1. The zero-order chi connectivity index (χ0) is 15.2. The molecule has 0 aliphatic rings. The number of benzene rings is 2. The van der Waals surface area contributed by atoms with Crippen molar-refractivity contribution in [1.29, 1.82) is 0 Å². The van der Waals surface area contributed by atoms with E-state index in [1.807, 2.05) is 0 Å². The van der Waals surface area contributed by atoms with Crippen LogP contribution < -0.4 is 15.5 Å². The molecule has 0 amide bonds. The van der Waals surface area contributed by atoms with E-state index in [9.17, 15) is 0 Å². The van der Waals surface area contributed by atoms with E-state index in [-0.39, 0.29) is 16.1 Å². The number of rotatable bonds is 6. The molecule has 0 heterocycles. The Kier molecular flexibility index (Phi) is 6.37. The van der Waals surface area contributed by atoms with E-state index in [4.69, 9.17) is 0 Å². The summed E-state index contributed by atoms with van der Waals surface area (Å²) in [6.45, 7) is 9.30. The summed E-state index contributed by atoms with van der Waals surface area (Å²) in [4.78, 5) is 4.02. The minimum absolute atomic E-state index is 0.331. The summed E-state index contributed by atoms with van der Waals surface area (Å²) < 4.78 is 0. The highest BCUT2D eigenvalue weighted by atomic mass is 31.2. The monoisotopic (exact) mass is 317 g/mol. The molecule has 2 aromatic rings. The summed E-state index contributed by atoms with van der Waals surface area (Å²) >= 11 is 0. The van der Waals surface area contributed by atoms with Crippen molar-refractivity contribution in [3.63, 3.8) is 0 Å². The standard InChI is InChI=1S/C18H25NP2/c1-15(2)20(17-11-7-5-8-12-17)19-21(16(3)4)18-13-9-6-10-14-18/h5-16,19H,1-4H3. The first kappa shape index (κ1) is 16.6. The van der Waals surface area contributed by atoms with Crippen LogP contribution in [0.1, 0.15) is 27.7 Å². The van der Waals surface area contributed by atoms with Crippen molar-refractivity contribution in [3.8, 4) is 0 Å². The van der Waals surface area contributed by atoms with Gasteiger partial charge in [0.05, 0.1) is 0 Å². The Hall–Kier alpha value is -0.740. The van der Waals surface area contributed by atoms with Crippen molar-refractivity contribution >= 4 is 26.8 Å². The molecule has 0 aromatic heterocycles. The molecule has 0 saturated carbocycles. The molecule has 0 aliphatic carbocycles. The van der Waals surface area contributed by atoms with Crippen LogP contribution >= 0.6 is 16.1 Å². The molecule has 1 N–H and O–H groups in total. The number of hydrogen-bond acceptors (Lipinski definition) is 1. The van der Waals surface area contributed by atoms with Crippen LogP contribution in [0.5, 0.6) is 0 Å². The lowest BCUT2D eigenvalue weighted by Crippen LogP contribution is -2.24. The smallest absolute Gasteiger partial charge is 0.000243 e. The van der Waals surface area contributed by atoms with E-state index in [0.717, 1.165) is 0 Å². The zero-order valence-corrected chi connectivity index (χ0v) is 15.1. The molecule has 0 radical (unpaired) electrons. The van der Waals surface area contributed by atoms with Gasteiger partial charge in [-0.25, -0.2) is 0 Å². The second-order valence-corrected chi connectivity index (χ2v) is 11.1. The predicted molar refractivity (Wildman–Crippen MR) is 99.4 cm³/mol. The third-order valence-corrected chi connectivity index (χ3v) is 8.82. The van der Waals surface area contributed by atoms with Crippen molar-refractivity contribution in [2.45, 2.75) is 39.0 Å². The molecule has 2 aromatic carbocycles. The van der Waals surface area contributed by atoms with Gasteiger partial charge in [0.1, 0.15) is 0 Å². The van der Waals surface area contributed by atoms with Gasteiger partial charge in [-0.15, -0.1) is 0 Å². The van der Waals surface area contributed by atoms with E-state index in [1.165, 1.54) is 10.6 Å². The van der Waals surface area contributed by atoms with Crippen molar-refractivity contribution in [3.05, 3.63) is 60.7 Å². The van der Waals surface area contributed by atoms with Crippen LogP contribution in [0.15, 0.2) is 60.7 Å². The van der Waals surface area contributed by atoms with Gasteiger partial charge in [0, 0.05) is 0 Å². The van der Waals surface area contributed by atoms with Crippen molar-refractivity contribution in [2.24, 2.45) is 0 Å². The third-order valence-electron chi connectivity index (χ3n) is 3.32. The topological polar surface area (TPSA) is 12.0 Å². The summed E-state index contributed by atoms with van der Waals surface area (Å²) in [6, 6.07) is 21.8. The lowest BCUT2D eigenvalue weighted by Gasteiger charge is -2.31. The van der Waals surface area contributed by atoms with E-state index in [2.05, 4.69) is 93.2 Å². The average molecular weight is 317 g/mol. The van der Waals surface area contributed by atoms with Gasteiger partial charge in [0.15, 0.2) is 0 Å². The van der Waals surface area contributed by atoms with Crippen LogP contribution in [0, 0.1) is 0 Å². The van der Waals surface area contributed by atoms with E-state index in [0.29, 0.717) is 11.3 Å². The normalized spacial score (nSPS) is 14.4. The van der Waals surface area contributed by atoms with E-state index < -0.39 is 0 Å². The van der Waals surface area contributed by atoms with Gasteiger partial charge in [-0.3, -0.25) is 4.86 Å². The van der Waals surface area contributed by atoms with Crippen molar-refractivity contribution in [2.75, 3.05) is 0 Å². The van der Waals surface area contributed by atoms with Crippen molar-refractivity contribution < 1.29 is 0 Å². The Morgan fingerprint density at radius 2 is 0.952 bits per heavy atom. The molecular formula is C18H25NP2. The fourth-order valence-corrected chi connectivity index (χ4v) is 8.12. The molecule has 2 unspecified atom stereocenters. The van der Waals surface area contributed by atoms with Crippen LogP contribution in [0.4, 0.5) is 0 Å². The molecule has 21 heavy (non-hydrogen) atoms. The molecule has 0 saturated heterocycles. The zero-order valence-electron chi connectivity index (χ0n) is 13.3. The molecule has 0 bridgehead atoms. The molecule has 2 rings (SSSR count). The quantitative estimate of drug-likeness (QED) is 0.752. The van der Waals surface area contributed by atoms with Gasteiger partial charge in [-0.2, -0.15) is 0 Å². The van der Waals surface area contributed by atoms with Crippen LogP contribution in [0.25, 0.3) is 0 Å². The van der Waals surface area contributed by atoms with Crippen LogP contribution in [0.3, 0.4) is 0 Å². The van der Waals surface area contributed by atoms with Gasteiger partial charge in [0.25, 0.3) is 0 Å². The molecule has 1 nitrogen and oxygen atoms in total. The fraction of sp³-hybridized carbons (Fsp3) is 0.333. The largest absolute Gasteiger partial charge is 0.266 e. The first-order chi connectivity index (χ1) is 10.1. The Bertz CT molecular complexity index is 476. The van der Waals surface area contributed by atoms with Crippen LogP contribution in [-0.2, 0) is 0 Å². The van der Waals surface area contributed by atoms with Gasteiger partial charge in [-0.05, 0) is 38.1 Å². The summed E-state index contributed by atoms with van der Waals surface area (Å²) in [5, 5.41) is 2.90. The second-order valence-electron chi connectivity index (χ2n) is 5.70. The summed E-state index contributed by atoms with van der Waals surface area (Å²) in [7, 11) is -0.663. The van der Waals surface area contributed by atoms with Crippen molar-refractivity contribution in [1.82, 2.24) is 4.86 Å². The van der Waals surface area contributed by atoms with Gasteiger partial charge < -0.3 is 0 Å². The molecule has 2 atom stereocenters. The molecule has 112 valence electrons. The summed E-state index contributed by atoms with van der Waals surface area (Å²) in [6.07, 6.45) is 0. The highest BCUT2D eigenvalue weighted by Gasteiger charge is 2.22. The first-order valence-electron chi connectivity index (χ1n) is 7.54. The van der Waals surface area contributed by atoms with Crippen LogP contribution in [0.2, 0.25) is 0 Å². The van der Waals surface area contributed by atoms with Gasteiger partial charge in [-0.1, -0.05) is 88.4 Å². The highest BCUT2D eigenvalue weighted by Crippen LogP contribution is 2.48.